The molecule has 4 N–H and O–H groups in total. The molecule has 0 fully saturated rings. The van der Waals surface area contributed by atoms with Crippen LogP contribution in [0.4, 0.5) is 0 Å². The van der Waals surface area contributed by atoms with Crippen LogP contribution >= 0.6 is 0 Å². The number of carbonyl (C=O) groups excluding carboxylic acids is 1. The second kappa shape index (κ2) is 6.28. The zero-order valence-corrected chi connectivity index (χ0v) is 12.9. The van der Waals surface area contributed by atoms with Crippen LogP contribution in [0.1, 0.15) is 10.4 Å². The van der Waals surface area contributed by atoms with Crippen LogP contribution in [0.2, 0.25) is 0 Å². The predicted octanol–water partition coefficient (Wildman–Crippen LogP) is 0.677. The third-order valence-corrected chi connectivity index (χ3v) is 4.20. The average molecular weight is 360 g/mol. The van der Waals surface area contributed by atoms with E-state index in [0.717, 1.165) is 12.2 Å². The van der Waals surface area contributed by atoms with Crippen molar-refractivity contribution in [3.8, 4) is 0 Å². The van der Waals surface area contributed by atoms with Crippen molar-refractivity contribution in [2.45, 2.75) is 0 Å². The van der Waals surface area contributed by atoms with Crippen molar-refractivity contribution in [2.24, 2.45) is 10.8 Å². The topological polar surface area (TPSA) is 166 Å². The predicted molar refractivity (Wildman–Crippen MR) is 83.4 cm³/mol. The molecule has 26 heavy (non-hydrogen) atoms. The number of carbonyl (C=O) groups is 5. The second-order valence-corrected chi connectivity index (χ2v) is 5.41. The van der Waals surface area contributed by atoms with Crippen LogP contribution in [0.5, 0.6) is 0 Å². The van der Waals surface area contributed by atoms with E-state index in [0.29, 0.717) is 6.08 Å². The fourth-order valence-corrected chi connectivity index (χ4v) is 2.96. The van der Waals surface area contributed by atoms with Crippen molar-refractivity contribution < 1.29 is 44.4 Å². The number of Topliss-reactive ketones (excluding diaryl/α,β-unsaturated/α-hetero) is 1. The molecule has 0 bridgehead atoms. The van der Waals surface area contributed by atoms with Crippen LogP contribution in [-0.4, -0.2) is 50.1 Å². The maximum atomic E-state index is 12.7. The standard InChI is InChI=1S/C17H12O9/c18-11(9-5-2-1-3-6-9)10-7-4-8-16(12(19)20,13(21)22)17(10,14(23)24)15(25)26/h1-8H,(H,19,20)(H,21,22)(H,23,24)(H,25,26). The summed E-state index contributed by atoms with van der Waals surface area (Å²) in [4.78, 5) is 60.1. The highest BCUT2D eigenvalue weighted by Crippen LogP contribution is 2.51. The molecule has 9 heteroatoms. The number of ketones is 1. The Hall–Kier alpha value is -3.75. The Morgan fingerprint density at radius 3 is 1.65 bits per heavy atom. The maximum absolute atomic E-state index is 12.7. The van der Waals surface area contributed by atoms with Gasteiger partial charge in [-0.3, -0.25) is 24.0 Å². The van der Waals surface area contributed by atoms with Gasteiger partial charge in [0.05, 0.1) is 0 Å². The highest BCUT2D eigenvalue weighted by Gasteiger charge is 2.74. The molecule has 0 aromatic heterocycles. The van der Waals surface area contributed by atoms with E-state index < -0.39 is 46.1 Å². The van der Waals surface area contributed by atoms with Gasteiger partial charge >= 0.3 is 23.9 Å². The Balaban J connectivity index is 2.90. The molecule has 9 nitrogen and oxygen atoms in total. The fraction of sp³-hybridized carbons (Fsp3) is 0.118. The summed E-state index contributed by atoms with van der Waals surface area (Å²) in [6.07, 6.45) is 2.10. The number of hydrogen-bond donors (Lipinski definition) is 4. The zero-order chi connectivity index (χ0) is 19.7. The minimum atomic E-state index is -3.56. The van der Waals surface area contributed by atoms with Crippen LogP contribution in [-0.2, 0) is 19.2 Å². The lowest BCUT2D eigenvalue weighted by Gasteiger charge is -2.39. The summed E-state index contributed by atoms with van der Waals surface area (Å²) < 4.78 is 0. The third kappa shape index (κ3) is 2.21. The van der Waals surface area contributed by atoms with Gasteiger partial charge in [0.2, 0.25) is 10.8 Å². The molecule has 134 valence electrons. The lowest BCUT2D eigenvalue weighted by atomic mass is 9.56. The van der Waals surface area contributed by atoms with Crippen LogP contribution in [0.3, 0.4) is 0 Å². The SMILES string of the molecule is O=C(C1=CC=CC(C(=O)O)(C(=O)O)C1(C(=O)O)C(=O)O)c1ccccc1. The molecule has 0 saturated heterocycles. The van der Waals surface area contributed by atoms with Crippen LogP contribution in [0, 0.1) is 10.8 Å². The molecule has 0 atom stereocenters. The molecule has 0 aliphatic heterocycles. The van der Waals surface area contributed by atoms with Gasteiger partial charge in [-0.15, -0.1) is 0 Å². The molecule has 0 unspecified atom stereocenters. The molecule has 0 heterocycles. The first-order valence-electron chi connectivity index (χ1n) is 7.07. The Morgan fingerprint density at radius 2 is 1.23 bits per heavy atom. The molecule has 1 aromatic rings. The summed E-state index contributed by atoms with van der Waals surface area (Å²) in [6.45, 7) is 0. The molecule has 1 aromatic carbocycles. The van der Waals surface area contributed by atoms with Gasteiger partial charge in [0.25, 0.3) is 0 Å². The number of benzene rings is 1. The summed E-state index contributed by atoms with van der Waals surface area (Å²) in [5.41, 5.74) is -8.08. The number of rotatable bonds is 6. The molecule has 0 spiro atoms. The smallest absolute Gasteiger partial charge is 0.327 e. The fourth-order valence-electron chi connectivity index (χ4n) is 2.96. The largest absolute Gasteiger partial charge is 0.480 e. The van der Waals surface area contributed by atoms with Gasteiger partial charge in [-0.2, -0.15) is 0 Å². The van der Waals surface area contributed by atoms with Crippen LogP contribution in [0.25, 0.3) is 0 Å². The monoisotopic (exact) mass is 360 g/mol. The molecule has 0 saturated carbocycles. The van der Waals surface area contributed by atoms with Crippen molar-refractivity contribution in [3.63, 3.8) is 0 Å². The van der Waals surface area contributed by atoms with E-state index in [2.05, 4.69) is 0 Å². The van der Waals surface area contributed by atoms with E-state index in [4.69, 9.17) is 0 Å². The quantitative estimate of drug-likeness (QED) is 0.421. The van der Waals surface area contributed by atoms with Gasteiger partial charge < -0.3 is 20.4 Å². The van der Waals surface area contributed by atoms with Crippen molar-refractivity contribution >= 4 is 29.7 Å². The van der Waals surface area contributed by atoms with Gasteiger partial charge in [-0.05, 0) is 0 Å². The second-order valence-electron chi connectivity index (χ2n) is 5.41. The number of aliphatic carboxylic acids is 4. The van der Waals surface area contributed by atoms with E-state index in [9.17, 15) is 44.4 Å². The molecule has 0 amide bonds. The molecular formula is C17H12O9. The first-order chi connectivity index (χ1) is 12.1. The number of hydrogen-bond acceptors (Lipinski definition) is 5. The van der Waals surface area contributed by atoms with Crippen molar-refractivity contribution in [1.82, 2.24) is 0 Å². The third-order valence-electron chi connectivity index (χ3n) is 4.20. The summed E-state index contributed by atoms with van der Waals surface area (Å²) >= 11 is 0. The van der Waals surface area contributed by atoms with Gasteiger partial charge in [-0.1, -0.05) is 48.6 Å². The van der Waals surface area contributed by atoms with E-state index in [1.165, 1.54) is 24.3 Å². The number of carboxylic acid groups (broad SMARTS) is 4. The first kappa shape index (κ1) is 18.6. The van der Waals surface area contributed by atoms with E-state index in [-0.39, 0.29) is 5.56 Å². The first-order valence-corrected chi connectivity index (χ1v) is 7.07. The molecule has 1 aliphatic carbocycles. The van der Waals surface area contributed by atoms with Crippen LogP contribution in [0.15, 0.2) is 54.1 Å². The van der Waals surface area contributed by atoms with E-state index in [1.807, 2.05) is 0 Å². The highest BCUT2D eigenvalue weighted by molar-refractivity contribution is 6.25. The Bertz CT molecular complexity index is 849. The van der Waals surface area contributed by atoms with E-state index >= 15 is 0 Å². The van der Waals surface area contributed by atoms with Gasteiger partial charge in [0.1, 0.15) is 0 Å². The summed E-state index contributed by atoms with van der Waals surface area (Å²) in [5, 5.41) is 38.2. The minimum Gasteiger partial charge on any atom is -0.480 e. The molecule has 1 aliphatic rings. The number of allylic oxidation sites excluding steroid dienone is 2. The summed E-state index contributed by atoms with van der Waals surface area (Å²) in [5.74, 6) is -10.1. The lowest BCUT2D eigenvalue weighted by Crippen LogP contribution is -2.62. The van der Waals surface area contributed by atoms with Gasteiger partial charge in [0.15, 0.2) is 5.78 Å². The van der Waals surface area contributed by atoms with Crippen LogP contribution < -0.4 is 0 Å². The highest BCUT2D eigenvalue weighted by atomic mass is 16.4. The van der Waals surface area contributed by atoms with Gasteiger partial charge in [-0.25, -0.2) is 0 Å². The molecule has 0 radical (unpaired) electrons. The van der Waals surface area contributed by atoms with E-state index in [1.54, 1.807) is 6.07 Å². The van der Waals surface area contributed by atoms with Crippen molar-refractivity contribution in [3.05, 3.63) is 59.7 Å². The van der Waals surface area contributed by atoms with Gasteiger partial charge in [0, 0.05) is 11.1 Å². The Kier molecular flexibility index (Phi) is 4.49. The molecular weight excluding hydrogens is 348 g/mol. The maximum Gasteiger partial charge on any atom is 0.327 e. The normalized spacial score (nSPS) is 17.0. The minimum absolute atomic E-state index is 0.120. The Morgan fingerprint density at radius 1 is 0.731 bits per heavy atom. The molecule has 2 rings (SSSR count). The van der Waals surface area contributed by atoms with Crippen molar-refractivity contribution in [1.29, 1.82) is 0 Å². The summed E-state index contributed by atoms with van der Waals surface area (Å²) in [6, 6.07) is 6.93. The van der Waals surface area contributed by atoms with Crippen molar-refractivity contribution in [2.75, 3.05) is 0 Å². The average Bonchev–Trinajstić information content (AvgIpc) is 2.59. The number of carboxylic acids is 4. The zero-order valence-electron chi connectivity index (χ0n) is 12.9. The summed E-state index contributed by atoms with van der Waals surface area (Å²) in [7, 11) is 0. The Labute approximate surface area is 145 Å². The lowest BCUT2D eigenvalue weighted by molar-refractivity contribution is -0.186.